The van der Waals surface area contributed by atoms with Crippen molar-refractivity contribution in [2.45, 2.75) is 75.8 Å². The van der Waals surface area contributed by atoms with Crippen LogP contribution in [0.3, 0.4) is 0 Å². The molecule has 3 heterocycles. The number of nitrogens with one attached hydrogen (secondary N) is 1. The third-order valence-electron chi connectivity index (χ3n) is 9.23. The van der Waals surface area contributed by atoms with E-state index in [1.54, 1.807) is 0 Å². The zero-order chi connectivity index (χ0) is 35.2. The molecule has 0 radical (unpaired) electrons. The molecule has 3 N–H and O–H groups in total. The number of nitrogens with zero attached hydrogens (tertiary/aromatic N) is 2. The van der Waals surface area contributed by atoms with E-state index in [1.807, 2.05) is 51.1 Å². The molecule has 13 nitrogen and oxygen atoms in total. The highest BCUT2D eigenvalue weighted by Crippen LogP contribution is 2.38. The second-order valence-electron chi connectivity index (χ2n) is 13.3. The van der Waals surface area contributed by atoms with Crippen molar-refractivity contribution in [2.75, 3.05) is 45.4 Å². The van der Waals surface area contributed by atoms with E-state index in [1.165, 1.54) is 39.2 Å². The summed E-state index contributed by atoms with van der Waals surface area (Å²) >= 11 is 1.19. The van der Waals surface area contributed by atoms with Gasteiger partial charge in [0.2, 0.25) is 16.8 Å². The molecule has 3 aliphatic heterocycles. The summed E-state index contributed by atoms with van der Waals surface area (Å²) in [6.45, 7) is 6.40. The molecule has 2 saturated heterocycles. The lowest BCUT2D eigenvalue weighted by Crippen LogP contribution is -2.58. The number of carbonyl (C=O) groups excluding carboxylic acids is 1. The van der Waals surface area contributed by atoms with Gasteiger partial charge in [0.15, 0.2) is 17.8 Å². The molecule has 2 fully saturated rings. The number of sulfonamides is 1. The van der Waals surface area contributed by atoms with E-state index in [2.05, 4.69) is 5.32 Å². The molecule has 0 saturated carbocycles. The van der Waals surface area contributed by atoms with Crippen LogP contribution in [0.1, 0.15) is 45.6 Å². The van der Waals surface area contributed by atoms with E-state index in [4.69, 9.17) is 18.9 Å². The van der Waals surface area contributed by atoms with Gasteiger partial charge in [-0.2, -0.15) is 4.31 Å². The summed E-state index contributed by atoms with van der Waals surface area (Å²) in [5.41, 5.74) is 0.214. The number of carbonyl (C=O) groups is 2. The minimum atomic E-state index is -4.23. The topological polar surface area (TPSA) is 164 Å². The van der Waals surface area contributed by atoms with E-state index < -0.39 is 46.0 Å². The Hall–Kier alpha value is -3.08. The quantitative estimate of drug-likeness (QED) is 0.211. The van der Waals surface area contributed by atoms with Crippen LogP contribution < -0.4 is 14.8 Å². The second-order valence-corrected chi connectivity index (χ2v) is 16.5. The summed E-state index contributed by atoms with van der Waals surface area (Å²) in [6, 6.07) is 12.0. The minimum absolute atomic E-state index is 0.0223. The predicted molar refractivity (Wildman–Crippen MR) is 183 cm³/mol. The number of fused-ring (bicyclic) bond motifs is 2. The van der Waals surface area contributed by atoms with Crippen molar-refractivity contribution >= 4 is 33.1 Å². The number of amides is 2. The Morgan fingerprint density at radius 3 is 2.59 bits per heavy atom. The van der Waals surface area contributed by atoms with Gasteiger partial charge in [0.25, 0.3) is 5.24 Å². The van der Waals surface area contributed by atoms with Crippen molar-refractivity contribution in [3.05, 3.63) is 54.1 Å². The Bertz CT molecular complexity index is 1540. The first kappa shape index (κ1) is 37.2. The standard InChI is InChI=1S/C34H47N3O10S2/c1-4-48-32(39)35-15-8-14-34(2,3)21-36(49(42,43)24-11-12-29-30(18-24)47-22-46-29)19-28(38)26(17-23-9-6-5-7-10-23)37(33(40)41)27-20-45-31-25(27)13-16-44-31/h5-7,9-12,18,25-28,31,38H,4,8,13-17,19-22H2,1-3H3,(H,35,39)(H,40,41)/t25-,26-,27-,28+,31+/m0/s1. The Morgan fingerprint density at radius 2 is 1.86 bits per heavy atom. The normalized spacial score (nSPS) is 21.4. The first-order chi connectivity index (χ1) is 23.4. The minimum Gasteiger partial charge on any atom is -0.465 e. The highest BCUT2D eigenvalue weighted by molar-refractivity contribution is 8.13. The van der Waals surface area contributed by atoms with Crippen LogP contribution in [0.15, 0.2) is 53.4 Å². The summed E-state index contributed by atoms with van der Waals surface area (Å²) in [5, 5.41) is 25.5. The molecule has 0 aliphatic carbocycles. The van der Waals surface area contributed by atoms with Gasteiger partial charge < -0.3 is 34.5 Å². The third-order valence-corrected chi connectivity index (χ3v) is 11.7. The average Bonchev–Trinajstić information content (AvgIpc) is 3.81. The average molecular weight is 722 g/mol. The van der Waals surface area contributed by atoms with Crippen LogP contribution in [-0.2, 0) is 25.9 Å². The van der Waals surface area contributed by atoms with E-state index in [0.717, 1.165) is 5.56 Å². The first-order valence-electron chi connectivity index (χ1n) is 16.7. The number of aliphatic hydroxyl groups is 1. The summed E-state index contributed by atoms with van der Waals surface area (Å²) in [5.74, 6) is 1.20. The Kier molecular flexibility index (Phi) is 12.4. The van der Waals surface area contributed by atoms with Gasteiger partial charge >= 0.3 is 6.09 Å². The smallest absolute Gasteiger partial charge is 0.407 e. The maximum absolute atomic E-state index is 14.4. The molecule has 2 amide bonds. The maximum atomic E-state index is 14.4. The molecule has 5 rings (SSSR count). The second kappa shape index (κ2) is 16.3. The van der Waals surface area contributed by atoms with Gasteiger partial charge in [0.05, 0.1) is 36.3 Å². The van der Waals surface area contributed by atoms with Crippen molar-refractivity contribution in [2.24, 2.45) is 11.3 Å². The number of hydrogen-bond donors (Lipinski definition) is 3. The molecule has 270 valence electrons. The summed E-state index contributed by atoms with van der Waals surface area (Å²) in [4.78, 5) is 26.2. The molecule has 0 unspecified atom stereocenters. The van der Waals surface area contributed by atoms with Crippen LogP contribution in [0.5, 0.6) is 11.5 Å². The van der Waals surface area contributed by atoms with Gasteiger partial charge in [0, 0.05) is 31.6 Å². The monoisotopic (exact) mass is 721 g/mol. The van der Waals surface area contributed by atoms with Crippen LogP contribution in [0, 0.1) is 11.3 Å². The summed E-state index contributed by atoms with van der Waals surface area (Å²) < 4.78 is 52.4. The molecule has 49 heavy (non-hydrogen) atoms. The Balaban J connectivity index is 1.44. The SMILES string of the molecule is CCSC(=O)NCCCC(C)(C)CN(C[C@@H](O)[C@H](Cc1ccccc1)N(C(=O)O)[C@H]1CO[C@H]2OCC[C@H]21)S(=O)(=O)c1ccc2c(c1)OCO2. The van der Waals surface area contributed by atoms with Crippen molar-refractivity contribution in [3.8, 4) is 11.5 Å². The largest absolute Gasteiger partial charge is 0.465 e. The van der Waals surface area contributed by atoms with Gasteiger partial charge in [-0.1, -0.05) is 62.9 Å². The number of hydrogen-bond acceptors (Lipinski definition) is 10. The van der Waals surface area contributed by atoms with Gasteiger partial charge in [-0.15, -0.1) is 0 Å². The lowest BCUT2D eigenvalue weighted by Gasteiger charge is -2.40. The lowest BCUT2D eigenvalue weighted by molar-refractivity contribution is -0.0906. The molecule has 0 aromatic heterocycles. The van der Waals surface area contributed by atoms with Gasteiger partial charge in [-0.05, 0) is 54.5 Å². The van der Waals surface area contributed by atoms with Crippen LogP contribution in [0.2, 0.25) is 0 Å². The number of thioether (sulfide) groups is 1. The summed E-state index contributed by atoms with van der Waals surface area (Å²) in [6.07, 6.45) is -1.21. The molecular weight excluding hydrogens is 675 g/mol. The predicted octanol–water partition coefficient (Wildman–Crippen LogP) is 4.39. The summed E-state index contributed by atoms with van der Waals surface area (Å²) in [7, 11) is -4.23. The van der Waals surface area contributed by atoms with Crippen molar-refractivity contribution in [1.29, 1.82) is 0 Å². The van der Waals surface area contributed by atoms with Crippen LogP contribution >= 0.6 is 11.8 Å². The maximum Gasteiger partial charge on any atom is 0.407 e. The Labute approximate surface area is 292 Å². The van der Waals surface area contributed by atoms with Crippen molar-refractivity contribution in [1.82, 2.24) is 14.5 Å². The highest BCUT2D eigenvalue weighted by Gasteiger charge is 2.49. The number of carboxylic acid groups (broad SMARTS) is 1. The first-order valence-corrected chi connectivity index (χ1v) is 19.1. The Morgan fingerprint density at radius 1 is 1.10 bits per heavy atom. The lowest BCUT2D eigenvalue weighted by atomic mass is 9.87. The van der Waals surface area contributed by atoms with Gasteiger partial charge in [-0.3, -0.25) is 9.69 Å². The third kappa shape index (κ3) is 9.18. The van der Waals surface area contributed by atoms with E-state index in [9.17, 15) is 28.2 Å². The highest BCUT2D eigenvalue weighted by atomic mass is 32.2. The van der Waals surface area contributed by atoms with Crippen molar-refractivity contribution in [3.63, 3.8) is 0 Å². The number of ether oxygens (including phenoxy) is 4. The van der Waals surface area contributed by atoms with Crippen LogP contribution in [0.25, 0.3) is 0 Å². The molecule has 5 atom stereocenters. The van der Waals surface area contributed by atoms with Crippen LogP contribution in [-0.4, -0.2) is 109 Å². The molecule has 0 spiro atoms. The van der Waals surface area contributed by atoms with Gasteiger partial charge in [0.1, 0.15) is 0 Å². The number of aliphatic hydroxyl groups excluding tert-OH is 1. The molecule has 2 aromatic carbocycles. The number of benzene rings is 2. The molecule has 3 aliphatic rings. The fourth-order valence-corrected chi connectivity index (χ4v) is 8.92. The molecular formula is C34H47N3O10S2. The molecule has 0 bridgehead atoms. The molecule has 2 aromatic rings. The van der Waals surface area contributed by atoms with E-state index >= 15 is 0 Å². The fourth-order valence-electron chi connectivity index (χ4n) is 6.79. The van der Waals surface area contributed by atoms with E-state index in [-0.39, 0.29) is 49.0 Å². The zero-order valence-corrected chi connectivity index (χ0v) is 29.8. The molecule has 15 heteroatoms. The fraction of sp³-hybridized carbons (Fsp3) is 0.588. The zero-order valence-electron chi connectivity index (χ0n) is 28.2. The van der Waals surface area contributed by atoms with E-state index in [0.29, 0.717) is 49.7 Å². The number of rotatable bonds is 16. The van der Waals surface area contributed by atoms with Crippen LogP contribution in [0.4, 0.5) is 9.59 Å². The van der Waals surface area contributed by atoms with Gasteiger partial charge in [-0.25, -0.2) is 13.2 Å². The van der Waals surface area contributed by atoms with Crippen molar-refractivity contribution < 1.29 is 47.2 Å².